The molecule has 1 atom stereocenters. The summed E-state index contributed by atoms with van der Waals surface area (Å²) in [6.07, 6.45) is 0. The molecule has 110 valence electrons. The van der Waals surface area contributed by atoms with Gasteiger partial charge in [-0.3, -0.25) is 9.59 Å². The molecule has 0 aliphatic carbocycles. The quantitative estimate of drug-likeness (QED) is 0.800. The molecule has 0 radical (unpaired) electrons. The lowest BCUT2D eigenvalue weighted by atomic mass is 10.1. The van der Waals surface area contributed by atoms with Crippen LogP contribution in [0.15, 0.2) is 23.6 Å². The number of nitrogens with two attached hydrogens (primary N) is 2. The first-order valence-corrected chi connectivity index (χ1v) is 7.20. The van der Waals surface area contributed by atoms with Crippen LogP contribution in [0.3, 0.4) is 0 Å². The average Bonchev–Trinajstić information content (AvgIpc) is 2.90. The van der Waals surface area contributed by atoms with Crippen LogP contribution in [0.4, 0.5) is 5.69 Å². The third-order valence-electron chi connectivity index (χ3n) is 2.99. The Bertz CT molecular complexity index is 694. The molecule has 0 aliphatic heterocycles. The second kappa shape index (κ2) is 6.02. The minimum atomic E-state index is -0.531. The third-order valence-corrected chi connectivity index (χ3v) is 4.04. The van der Waals surface area contributed by atoms with Gasteiger partial charge in [-0.1, -0.05) is 6.07 Å². The zero-order chi connectivity index (χ0) is 15.6. The van der Waals surface area contributed by atoms with Crippen LogP contribution in [0, 0.1) is 6.92 Å². The van der Waals surface area contributed by atoms with E-state index in [-0.39, 0.29) is 11.9 Å². The minimum absolute atomic E-state index is 0.212. The normalized spacial score (nSPS) is 12.0. The molecule has 7 heteroatoms. The Morgan fingerprint density at radius 3 is 2.67 bits per heavy atom. The molecule has 2 aromatic rings. The molecule has 6 nitrogen and oxygen atoms in total. The molecular weight excluding hydrogens is 288 g/mol. The highest BCUT2D eigenvalue weighted by molar-refractivity contribution is 7.09. The zero-order valence-electron chi connectivity index (χ0n) is 11.7. The van der Waals surface area contributed by atoms with E-state index in [1.165, 1.54) is 11.3 Å². The Morgan fingerprint density at radius 2 is 2.10 bits per heavy atom. The SMILES string of the molecule is Cc1c(NC(=O)c2csc(C(C)N)n2)cccc1C(N)=O. The Labute approximate surface area is 126 Å². The second-order valence-corrected chi connectivity index (χ2v) is 5.55. The summed E-state index contributed by atoms with van der Waals surface area (Å²) in [5.74, 6) is -0.876. The number of benzene rings is 1. The molecule has 0 aliphatic rings. The number of nitrogens with one attached hydrogen (secondary N) is 1. The van der Waals surface area contributed by atoms with Crippen LogP contribution in [0.1, 0.15) is 44.4 Å². The first-order chi connectivity index (χ1) is 9.90. The van der Waals surface area contributed by atoms with Gasteiger partial charge in [0.1, 0.15) is 10.7 Å². The fraction of sp³-hybridized carbons (Fsp3) is 0.214. The largest absolute Gasteiger partial charge is 0.366 e. The van der Waals surface area contributed by atoms with Crippen molar-refractivity contribution in [3.63, 3.8) is 0 Å². The summed E-state index contributed by atoms with van der Waals surface area (Å²) in [5, 5.41) is 5.08. The molecular formula is C14H16N4O2S. The summed E-state index contributed by atoms with van der Waals surface area (Å²) in [7, 11) is 0. The van der Waals surface area contributed by atoms with E-state index in [1.54, 1.807) is 37.4 Å². The van der Waals surface area contributed by atoms with Gasteiger partial charge in [0.15, 0.2) is 0 Å². The highest BCUT2D eigenvalue weighted by atomic mass is 32.1. The predicted molar refractivity (Wildman–Crippen MR) is 82.4 cm³/mol. The van der Waals surface area contributed by atoms with E-state index in [0.29, 0.717) is 27.5 Å². The molecule has 1 heterocycles. The van der Waals surface area contributed by atoms with E-state index in [2.05, 4.69) is 10.3 Å². The van der Waals surface area contributed by atoms with Gasteiger partial charge in [-0.15, -0.1) is 11.3 Å². The number of carbonyl (C=O) groups is 2. The van der Waals surface area contributed by atoms with Crippen molar-refractivity contribution in [1.82, 2.24) is 4.98 Å². The fourth-order valence-electron chi connectivity index (χ4n) is 1.83. The van der Waals surface area contributed by atoms with Gasteiger partial charge in [-0.05, 0) is 31.5 Å². The number of amides is 2. The first kappa shape index (κ1) is 15.1. The molecule has 0 bridgehead atoms. The number of primary amides is 1. The maximum Gasteiger partial charge on any atom is 0.275 e. The van der Waals surface area contributed by atoms with E-state index >= 15 is 0 Å². The maximum atomic E-state index is 12.2. The van der Waals surface area contributed by atoms with Gasteiger partial charge in [0.25, 0.3) is 5.91 Å². The molecule has 0 saturated carbocycles. The molecule has 1 unspecified atom stereocenters. The number of nitrogens with zero attached hydrogens (tertiary/aromatic N) is 1. The van der Waals surface area contributed by atoms with Crippen LogP contribution in [-0.4, -0.2) is 16.8 Å². The van der Waals surface area contributed by atoms with E-state index < -0.39 is 5.91 Å². The maximum absolute atomic E-state index is 12.2. The number of aromatic nitrogens is 1. The standard InChI is InChI=1S/C14H16N4O2S/c1-7-9(12(16)19)4-3-5-10(7)17-13(20)11-6-21-14(18-11)8(2)15/h3-6,8H,15H2,1-2H3,(H2,16,19)(H,17,20). The molecule has 1 aromatic heterocycles. The highest BCUT2D eigenvalue weighted by Crippen LogP contribution is 2.21. The van der Waals surface area contributed by atoms with Gasteiger partial charge >= 0.3 is 0 Å². The minimum Gasteiger partial charge on any atom is -0.366 e. The van der Waals surface area contributed by atoms with Gasteiger partial charge in [-0.25, -0.2) is 4.98 Å². The zero-order valence-corrected chi connectivity index (χ0v) is 12.5. The molecule has 2 amide bonds. The summed E-state index contributed by atoms with van der Waals surface area (Å²) in [4.78, 5) is 27.6. The van der Waals surface area contributed by atoms with Crippen LogP contribution < -0.4 is 16.8 Å². The van der Waals surface area contributed by atoms with E-state index in [9.17, 15) is 9.59 Å². The Kier molecular flexibility index (Phi) is 4.35. The van der Waals surface area contributed by atoms with Gasteiger partial charge in [0.2, 0.25) is 5.91 Å². The number of anilines is 1. The molecule has 0 saturated heterocycles. The molecule has 2 rings (SSSR count). The van der Waals surface area contributed by atoms with Crippen LogP contribution in [0.25, 0.3) is 0 Å². The highest BCUT2D eigenvalue weighted by Gasteiger charge is 2.15. The Morgan fingerprint density at radius 1 is 1.38 bits per heavy atom. The van der Waals surface area contributed by atoms with E-state index in [1.807, 2.05) is 0 Å². The fourth-order valence-corrected chi connectivity index (χ4v) is 2.58. The smallest absolute Gasteiger partial charge is 0.275 e. The predicted octanol–water partition coefficient (Wildman–Crippen LogP) is 1.82. The first-order valence-electron chi connectivity index (χ1n) is 6.32. The summed E-state index contributed by atoms with van der Waals surface area (Å²) in [5.41, 5.74) is 12.8. The van der Waals surface area contributed by atoms with Gasteiger partial charge < -0.3 is 16.8 Å². The summed E-state index contributed by atoms with van der Waals surface area (Å²) >= 11 is 1.34. The Hall–Kier alpha value is -2.25. The van der Waals surface area contributed by atoms with Crippen molar-refractivity contribution in [2.45, 2.75) is 19.9 Å². The average molecular weight is 304 g/mol. The van der Waals surface area contributed by atoms with Crippen molar-refractivity contribution < 1.29 is 9.59 Å². The van der Waals surface area contributed by atoms with Gasteiger partial charge in [0, 0.05) is 16.6 Å². The number of carbonyl (C=O) groups excluding carboxylic acids is 2. The molecule has 0 spiro atoms. The number of rotatable bonds is 4. The van der Waals surface area contributed by atoms with Gasteiger partial charge in [0.05, 0.1) is 6.04 Å². The summed E-state index contributed by atoms with van der Waals surface area (Å²) < 4.78 is 0. The van der Waals surface area contributed by atoms with Crippen molar-refractivity contribution >= 4 is 28.8 Å². The Balaban J connectivity index is 2.23. The lowest BCUT2D eigenvalue weighted by Gasteiger charge is -2.09. The van der Waals surface area contributed by atoms with Gasteiger partial charge in [-0.2, -0.15) is 0 Å². The van der Waals surface area contributed by atoms with Crippen LogP contribution in [0.2, 0.25) is 0 Å². The van der Waals surface area contributed by atoms with Crippen molar-refractivity contribution in [3.8, 4) is 0 Å². The molecule has 21 heavy (non-hydrogen) atoms. The van der Waals surface area contributed by atoms with Crippen molar-refractivity contribution in [3.05, 3.63) is 45.4 Å². The molecule has 0 fully saturated rings. The summed E-state index contributed by atoms with van der Waals surface area (Å²) in [6.45, 7) is 3.53. The number of hydrogen-bond acceptors (Lipinski definition) is 5. The lowest BCUT2D eigenvalue weighted by molar-refractivity contribution is 0.0995. The number of thiazole rings is 1. The third kappa shape index (κ3) is 3.26. The van der Waals surface area contributed by atoms with E-state index in [0.717, 1.165) is 0 Å². The number of hydrogen-bond donors (Lipinski definition) is 3. The summed E-state index contributed by atoms with van der Waals surface area (Å²) in [6, 6.07) is 4.77. The lowest BCUT2D eigenvalue weighted by Crippen LogP contribution is -2.17. The molecule has 5 N–H and O–H groups in total. The van der Waals surface area contributed by atoms with Crippen LogP contribution in [-0.2, 0) is 0 Å². The van der Waals surface area contributed by atoms with Crippen molar-refractivity contribution in [1.29, 1.82) is 0 Å². The topological polar surface area (TPSA) is 111 Å². The second-order valence-electron chi connectivity index (χ2n) is 4.66. The van der Waals surface area contributed by atoms with Crippen LogP contribution in [0.5, 0.6) is 0 Å². The van der Waals surface area contributed by atoms with Crippen molar-refractivity contribution in [2.75, 3.05) is 5.32 Å². The van der Waals surface area contributed by atoms with E-state index in [4.69, 9.17) is 11.5 Å². The van der Waals surface area contributed by atoms with Crippen LogP contribution >= 0.6 is 11.3 Å². The molecule has 1 aromatic carbocycles. The monoisotopic (exact) mass is 304 g/mol. The van der Waals surface area contributed by atoms with Crippen molar-refractivity contribution in [2.24, 2.45) is 11.5 Å².